The fraction of sp³-hybridized carbons (Fsp3) is 0.462. The van der Waals surface area contributed by atoms with Gasteiger partial charge >= 0.3 is 0 Å². The van der Waals surface area contributed by atoms with E-state index in [1.54, 1.807) is 24.3 Å². The number of anilines is 1. The van der Waals surface area contributed by atoms with E-state index in [1.807, 2.05) is 0 Å². The molecule has 2 rings (SSSR count). The van der Waals surface area contributed by atoms with Crippen LogP contribution in [0.2, 0.25) is 0 Å². The molecule has 0 radical (unpaired) electrons. The third kappa shape index (κ3) is 4.50. The van der Waals surface area contributed by atoms with Crippen molar-refractivity contribution in [3.8, 4) is 0 Å². The number of thioether (sulfide) groups is 1. The van der Waals surface area contributed by atoms with Gasteiger partial charge in [-0.2, -0.15) is 0 Å². The number of sulfone groups is 1. The Morgan fingerprint density at radius 2 is 2.25 bits per heavy atom. The number of aliphatic hydroxyl groups is 1. The van der Waals surface area contributed by atoms with Gasteiger partial charge in [-0.15, -0.1) is 11.8 Å². The Bertz CT molecular complexity index is 586. The van der Waals surface area contributed by atoms with Gasteiger partial charge in [-0.05, 0) is 24.1 Å². The van der Waals surface area contributed by atoms with Gasteiger partial charge < -0.3 is 10.4 Å². The van der Waals surface area contributed by atoms with Gasteiger partial charge in [0.25, 0.3) is 0 Å². The van der Waals surface area contributed by atoms with Gasteiger partial charge in [-0.25, -0.2) is 8.42 Å². The normalized spacial score (nSPS) is 20.8. The van der Waals surface area contributed by atoms with Crippen molar-refractivity contribution in [2.45, 2.75) is 18.3 Å². The highest BCUT2D eigenvalue weighted by Gasteiger charge is 2.28. The van der Waals surface area contributed by atoms with Crippen molar-refractivity contribution in [3.05, 3.63) is 29.8 Å². The van der Waals surface area contributed by atoms with E-state index < -0.39 is 9.84 Å². The number of aliphatic hydroxyl groups excluding tert-OH is 1. The zero-order valence-corrected chi connectivity index (χ0v) is 12.5. The molecule has 1 saturated heterocycles. The third-order valence-electron chi connectivity index (χ3n) is 3.03. The average molecular weight is 315 g/mol. The van der Waals surface area contributed by atoms with Gasteiger partial charge in [0.1, 0.15) is 0 Å². The molecule has 1 fully saturated rings. The van der Waals surface area contributed by atoms with E-state index in [2.05, 4.69) is 5.32 Å². The monoisotopic (exact) mass is 315 g/mol. The predicted octanol–water partition coefficient (Wildman–Crippen LogP) is 1.04. The number of hydrogen-bond acceptors (Lipinski definition) is 5. The molecule has 1 aliphatic rings. The maximum atomic E-state index is 11.8. The number of benzene rings is 1. The molecule has 1 amide bonds. The fourth-order valence-electron chi connectivity index (χ4n) is 2.03. The van der Waals surface area contributed by atoms with Crippen molar-refractivity contribution < 1.29 is 18.3 Å². The first-order chi connectivity index (χ1) is 9.48. The first-order valence-corrected chi connectivity index (χ1v) is 9.17. The van der Waals surface area contributed by atoms with E-state index in [0.717, 1.165) is 5.56 Å². The van der Waals surface area contributed by atoms with Crippen LogP contribution >= 0.6 is 11.8 Å². The molecule has 1 aromatic rings. The second-order valence-corrected chi connectivity index (χ2v) is 8.26. The minimum Gasteiger partial charge on any atom is -0.392 e. The first-order valence-electron chi connectivity index (χ1n) is 6.30. The van der Waals surface area contributed by atoms with Crippen LogP contribution in [0.1, 0.15) is 12.0 Å². The number of rotatable bonds is 5. The highest BCUT2D eigenvalue weighted by molar-refractivity contribution is 8.02. The minimum atomic E-state index is -2.89. The highest BCUT2D eigenvalue weighted by atomic mass is 32.2. The lowest BCUT2D eigenvalue weighted by Crippen LogP contribution is -2.17. The van der Waals surface area contributed by atoms with Crippen molar-refractivity contribution in [3.63, 3.8) is 0 Å². The number of carbonyl (C=O) groups excluding carboxylic acids is 1. The third-order valence-corrected chi connectivity index (χ3v) is 6.32. The van der Waals surface area contributed by atoms with Crippen LogP contribution in [0.5, 0.6) is 0 Å². The SMILES string of the molecule is O=C(CSC1CCS(=O)(=O)C1)Nc1cccc(CO)c1. The van der Waals surface area contributed by atoms with Crippen LogP contribution in [0.4, 0.5) is 5.69 Å². The molecule has 5 nitrogen and oxygen atoms in total. The summed E-state index contributed by atoms with van der Waals surface area (Å²) in [6, 6.07) is 7.00. The molecular weight excluding hydrogens is 298 g/mol. The number of amides is 1. The molecule has 0 saturated carbocycles. The summed E-state index contributed by atoms with van der Waals surface area (Å²) in [5.74, 6) is 0.480. The van der Waals surface area contributed by atoms with Gasteiger partial charge in [0.2, 0.25) is 5.91 Å². The number of nitrogens with one attached hydrogen (secondary N) is 1. The average Bonchev–Trinajstić information content (AvgIpc) is 2.76. The van der Waals surface area contributed by atoms with Crippen LogP contribution in [0, 0.1) is 0 Å². The Kier molecular flexibility index (Phi) is 5.06. The Morgan fingerprint density at radius 1 is 1.45 bits per heavy atom. The molecule has 2 N–H and O–H groups in total. The summed E-state index contributed by atoms with van der Waals surface area (Å²) in [5.41, 5.74) is 1.37. The second-order valence-electron chi connectivity index (χ2n) is 4.74. The Morgan fingerprint density at radius 3 is 2.90 bits per heavy atom. The minimum absolute atomic E-state index is 0.0227. The lowest BCUT2D eigenvalue weighted by molar-refractivity contribution is -0.113. The predicted molar refractivity (Wildman–Crippen MR) is 80.5 cm³/mol. The van der Waals surface area contributed by atoms with Crippen LogP contribution in [-0.4, -0.2) is 41.9 Å². The Labute approximate surface area is 122 Å². The smallest absolute Gasteiger partial charge is 0.234 e. The molecule has 7 heteroatoms. The molecule has 0 aromatic heterocycles. The van der Waals surface area contributed by atoms with E-state index in [4.69, 9.17) is 5.11 Å². The van der Waals surface area contributed by atoms with E-state index in [1.165, 1.54) is 11.8 Å². The molecule has 1 aromatic carbocycles. The van der Waals surface area contributed by atoms with E-state index >= 15 is 0 Å². The Hall–Kier alpha value is -1.05. The van der Waals surface area contributed by atoms with Crippen LogP contribution < -0.4 is 5.32 Å². The Balaban J connectivity index is 1.81. The summed E-state index contributed by atoms with van der Waals surface area (Å²) >= 11 is 1.38. The maximum absolute atomic E-state index is 11.8. The van der Waals surface area contributed by atoms with E-state index in [9.17, 15) is 13.2 Å². The standard InChI is InChI=1S/C13H17NO4S2/c15-7-10-2-1-3-11(6-10)14-13(16)8-19-12-4-5-20(17,18)9-12/h1-3,6,12,15H,4-5,7-9H2,(H,14,16). The molecule has 1 atom stereocenters. The van der Waals surface area contributed by atoms with E-state index in [0.29, 0.717) is 12.1 Å². The van der Waals surface area contributed by atoms with Crippen molar-refractivity contribution in [2.24, 2.45) is 0 Å². The largest absolute Gasteiger partial charge is 0.392 e. The maximum Gasteiger partial charge on any atom is 0.234 e. The van der Waals surface area contributed by atoms with Gasteiger partial charge in [0.05, 0.1) is 23.9 Å². The summed E-state index contributed by atoms with van der Waals surface area (Å²) < 4.78 is 22.6. The highest BCUT2D eigenvalue weighted by Crippen LogP contribution is 2.24. The van der Waals surface area contributed by atoms with Crippen molar-refractivity contribution in [2.75, 3.05) is 22.6 Å². The zero-order valence-electron chi connectivity index (χ0n) is 10.9. The van der Waals surface area contributed by atoms with E-state index in [-0.39, 0.29) is 35.0 Å². The summed E-state index contributed by atoms with van der Waals surface area (Å²) in [7, 11) is -2.89. The van der Waals surface area contributed by atoms with Crippen LogP contribution in [0.3, 0.4) is 0 Å². The zero-order chi connectivity index (χ0) is 14.6. The lowest BCUT2D eigenvalue weighted by atomic mass is 10.2. The van der Waals surface area contributed by atoms with Crippen molar-refractivity contribution in [1.82, 2.24) is 0 Å². The molecule has 20 heavy (non-hydrogen) atoms. The van der Waals surface area contributed by atoms with Crippen molar-refractivity contribution >= 4 is 33.2 Å². The fourth-order valence-corrected chi connectivity index (χ4v) is 5.47. The summed E-state index contributed by atoms with van der Waals surface area (Å²) in [6.45, 7) is -0.0710. The molecular formula is C13H17NO4S2. The van der Waals surface area contributed by atoms with Gasteiger partial charge in [-0.1, -0.05) is 12.1 Å². The second kappa shape index (κ2) is 6.60. The van der Waals surface area contributed by atoms with Gasteiger partial charge in [0, 0.05) is 10.9 Å². The van der Waals surface area contributed by atoms with Crippen LogP contribution in [0.15, 0.2) is 24.3 Å². The lowest BCUT2D eigenvalue weighted by Gasteiger charge is -2.09. The molecule has 1 unspecified atom stereocenters. The summed E-state index contributed by atoms with van der Waals surface area (Å²) in [4.78, 5) is 11.8. The molecule has 0 spiro atoms. The van der Waals surface area contributed by atoms with Gasteiger partial charge in [0.15, 0.2) is 9.84 Å². The number of hydrogen-bond donors (Lipinski definition) is 2. The number of carbonyl (C=O) groups is 1. The topological polar surface area (TPSA) is 83.5 Å². The molecule has 110 valence electrons. The quantitative estimate of drug-likeness (QED) is 0.848. The first kappa shape index (κ1) is 15.3. The summed E-state index contributed by atoms with van der Waals surface area (Å²) in [6.07, 6.45) is 0.625. The van der Waals surface area contributed by atoms with Crippen LogP contribution in [-0.2, 0) is 21.2 Å². The molecule has 1 aliphatic heterocycles. The van der Waals surface area contributed by atoms with Crippen LogP contribution in [0.25, 0.3) is 0 Å². The van der Waals surface area contributed by atoms with Crippen molar-refractivity contribution in [1.29, 1.82) is 0 Å². The molecule has 1 heterocycles. The molecule has 0 aliphatic carbocycles. The summed E-state index contributed by atoms with van der Waals surface area (Å²) in [5, 5.41) is 11.8. The molecule has 0 bridgehead atoms. The van der Waals surface area contributed by atoms with Gasteiger partial charge in [-0.3, -0.25) is 4.79 Å².